The number of thiophene rings is 1. The predicted molar refractivity (Wildman–Crippen MR) is 85.1 cm³/mol. The Kier molecular flexibility index (Phi) is 4.29. The molecule has 20 heavy (non-hydrogen) atoms. The Balaban J connectivity index is 2.03. The van der Waals surface area contributed by atoms with E-state index in [1.165, 1.54) is 16.0 Å². The maximum Gasteiger partial charge on any atom is 0.127 e. The average Bonchev–Trinajstić information content (AvgIpc) is 2.91. The highest BCUT2D eigenvalue weighted by molar-refractivity contribution is 7.16. The van der Waals surface area contributed by atoms with Gasteiger partial charge in [-0.3, -0.25) is 0 Å². The molecule has 0 amide bonds. The van der Waals surface area contributed by atoms with Gasteiger partial charge in [0, 0.05) is 10.4 Å². The number of ether oxygens (including phenoxy) is 1. The maximum absolute atomic E-state index is 6.09. The van der Waals surface area contributed by atoms with Crippen molar-refractivity contribution in [1.29, 1.82) is 0 Å². The Hall–Kier alpha value is -1.03. The summed E-state index contributed by atoms with van der Waals surface area (Å²) in [4.78, 5) is 1.24. The SMILES string of the molecule is CCNC(c1ccc(Cl)s1)c1cccc2c1OCCC2. The maximum atomic E-state index is 6.09. The van der Waals surface area contributed by atoms with Gasteiger partial charge in [-0.05, 0) is 37.1 Å². The molecule has 1 N–H and O–H groups in total. The lowest BCUT2D eigenvalue weighted by molar-refractivity contribution is 0.283. The molecule has 2 aromatic rings. The molecule has 3 rings (SSSR count). The third kappa shape index (κ3) is 2.71. The Morgan fingerprint density at radius 1 is 1.35 bits per heavy atom. The largest absolute Gasteiger partial charge is 0.493 e. The van der Waals surface area contributed by atoms with Crippen molar-refractivity contribution in [3.05, 3.63) is 50.7 Å². The van der Waals surface area contributed by atoms with Crippen molar-refractivity contribution in [3.63, 3.8) is 0 Å². The number of aryl methyl sites for hydroxylation is 1. The predicted octanol–water partition coefficient (Wildman–Crippen LogP) is 4.43. The quantitative estimate of drug-likeness (QED) is 0.902. The summed E-state index contributed by atoms with van der Waals surface area (Å²) in [6.07, 6.45) is 2.21. The number of hydrogen-bond donors (Lipinski definition) is 1. The van der Waals surface area contributed by atoms with E-state index in [4.69, 9.17) is 16.3 Å². The third-order valence-electron chi connectivity index (χ3n) is 3.56. The molecule has 1 aliphatic rings. The minimum absolute atomic E-state index is 0.158. The number of benzene rings is 1. The second-order valence-electron chi connectivity index (χ2n) is 4.92. The smallest absolute Gasteiger partial charge is 0.127 e. The van der Waals surface area contributed by atoms with Gasteiger partial charge in [0.05, 0.1) is 17.0 Å². The average molecular weight is 308 g/mol. The van der Waals surface area contributed by atoms with E-state index in [1.807, 2.05) is 6.07 Å². The van der Waals surface area contributed by atoms with Crippen LogP contribution in [0.5, 0.6) is 5.75 Å². The highest BCUT2D eigenvalue weighted by Crippen LogP contribution is 2.38. The van der Waals surface area contributed by atoms with E-state index in [1.54, 1.807) is 11.3 Å². The van der Waals surface area contributed by atoms with Gasteiger partial charge in [0.2, 0.25) is 0 Å². The summed E-state index contributed by atoms with van der Waals surface area (Å²) in [5.74, 6) is 1.06. The first kappa shape index (κ1) is 13.9. The molecule has 0 aliphatic carbocycles. The molecular weight excluding hydrogens is 290 g/mol. The fourth-order valence-corrected chi connectivity index (χ4v) is 3.85. The Bertz CT molecular complexity index is 596. The first-order valence-electron chi connectivity index (χ1n) is 7.02. The van der Waals surface area contributed by atoms with Crippen molar-refractivity contribution in [2.75, 3.05) is 13.2 Å². The van der Waals surface area contributed by atoms with Crippen LogP contribution in [0.2, 0.25) is 4.34 Å². The molecule has 1 unspecified atom stereocenters. The summed E-state index contributed by atoms with van der Waals surface area (Å²) in [5, 5.41) is 3.55. The first-order chi connectivity index (χ1) is 9.79. The summed E-state index contributed by atoms with van der Waals surface area (Å²) in [6, 6.07) is 10.7. The van der Waals surface area contributed by atoms with Crippen LogP contribution in [0, 0.1) is 0 Å². The molecule has 0 saturated carbocycles. The van der Waals surface area contributed by atoms with Gasteiger partial charge in [0.15, 0.2) is 0 Å². The Morgan fingerprint density at radius 3 is 3.00 bits per heavy atom. The van der Waals surface area contributed by atoms with Crippen molar-refractivity contribution in [2.24, 2.45) is 0 Å². The van der Waals surface area contributed by atoms with Crippen LogP contribution in [0.4, 0.5) is 0 Å². The zero-order chi connectivity index (χ0) is 13.9. The van der Waals surface area contributed by atoms with Gasteiger partial charge in [0.1, 0.15) is 5.75 Å². The van der Waals surface area contributed by atoms with Crippen molar-refractivity contribution in [3.8, 4) is 5.75 Å². The normalized spacial score (nSPS) is 15.5. The van der Waals surface area contributed by atoms with Crippen LogP contribution < -0.4 is 10.1 Å². The molecule has 2 heterocycles. The molecule has 0 bridgehead atoms. The van der Waals surface area contributed by atoms with Crippen molar-refractivity contribution >= 4 is 22.9 Å². The van der Waals surface area contributed by atoms with Crippen molar-refractivity contribution < 1.29 is 4.74 Å². The van der Waals surface area contributed by atoms with Crippen LogP contribution in [0.15, 0.2) is 30.3 Å². The standard InChI is InChI=1S/C16H18ClNOS/c1-2-18-15(13-8-9-14(17)20-13)12-7-3-5-11-6-4-10-19-16(11)12/h3,5,7-9,15,18H,2,4,6,10H2,1H3. The van der Waals surface area contributed by atoms with E-state index >= 15 is 0 Å². The lowest BCUT2D eigenvalue weighted by atomic mass is 9.97. The summed E-state index contributed by atoms with van der Waals surface area (Å²) in [6.45, 7) is 3.84. The Morgan fingerprint density at radius 2 is 2.25 bits per heavy atom. The summed E-state index contributed by atoms with van der Waals surface area (Å²) < 4.78 is 6.77. The van der Waals surface area contributed by atoms with E-state index in [-0.39, 0.29) is 6.04 Å². The number of para-hydroxylation sites is 1. The number of halogens is 1. The zero-order valence-electron chi connectivity index (χ0n) is 11.5. The molecule has 0 saturated heterocycles. The molecule has 106 valence electrons. The highest BCUT2D eigenvalue weighted by atomic mass is 35.5. The molecule has 1 atom stereocenters. The van der Waals surface area contributed by atoms with E-state index in [0.29, 0.717) is 0 Å². The number of fused-ring (bicyclic) bond motifs is 1. The molecule has 0 fully saturated rings. The molecule has 0 spiro atoms. The number of hydrogen-bond acceptors (Lipinski definition) is 3. The van der Waals surface area contributed by atoms with Gasteiger partial charge in [-0.25, -0.2) is 0 Å². The summed E-state index contributed by atoms with van der Waals surface area (Å²) >= 11 is 7.72. The van der Waals surface area contributed by atoms with Gasteiger partial charge < -0.3 is 10.1 Å². The van der Waals surface area contributed by atoms with Gasteiger partial charge in [0.25, 0.3) is 0 Å². The summed E-state index contributed by atoms with van der Waals surface area (Å²) in [7, 11) is 0. The van der Waals surface area contributed by atoms with Gasteiger partial charge in [-0.2, -0.15) is 0 Å². The van der Waals surface area contributed by atoms with E-state index in [9.17, 15) is 0 Å². The van der Waals surface area contributed by atoms with Gasteiger partial charge in [-0.15, -0.1) is 11.3 Å². The number of rotatable bonds is 4. The highest BCUT2D eigenvalue weighted by Gasteiger charge is 2.22. The topological polar surface area (TPSA) is 21.3 Å². The molecule has 0 radical (unpaired) electrons. The lowest BCUT2D eigenvalue weighted by Gasteiger charge is -2.25. The van der Waals surface area contributed by atoms with Crippen LogP contribution in [-0.4, -0.2) is 13.2 Å². The van der Waals surface area contributed by atoms with E-state index in [2.05, 4.69) is 36.5 Å². The fourth-order valence-electron chi connectivity index (χ4n) is 2.69. The summed E-state index contributed by atoms with van der Waals surface area (Å²) in [5.41, 5.74) is 2.54. The van der Waals surface area contributed by atoms with E-state index in [0.717, 1.165) is 36.1 Å². The van der Waals surface area contributed by atoms with Crippen LogP contribution in [0.1, 0.15) is 35.4 Å². The first-order valence-corrected chi connectivity index (χ1v) is 8.22. The van der Waals surface area contributed by atoms with Gasteiger partial charge >= 0.3 is 0 Å². The molecule has 1 aromatic heterocycles. The van der Waals surface area contributed by atoms with Crippen LogP contribution in [0.25, 0.3) is 0 Å². The number of nitrogens with one attached hydrogen (secondary N) is 1. The molecule has 2 nitrogen and oxygen atoms in total. The minimum atomic E-state index is 0.158. The molecule has 1 aromatic carbocycles. The monoisotopic (exact) mass is 307 g/mol. The van der Waals surface area contributed by atoms with Gasteiger partial charge in [-0.1, -0.05) is 36.7 Å². The van der Waals surface area contributed by atoms with Crippen LogP contribution in [-0.2, 0) is 6.42 Å². The van der Waals surface area contributed by atoms with Crippen molar-refractivity contribution in [1.82, 2.24) is 5.32 Å². The fraction of sp³-hybridized carbons (Fsp3) is 0.375. The van der Waals surface area contributed by atoms with Crippen LogP contribution in [0.3, 0.4) is 0 Å². The minimum Gasteiger partial charge on any atom is -0.493 e. The Labute approximate surface area is 128 Å². The van der Waals surface area contributed by atoms with E-state index < -0.39 is 0 Å². The molecule has 1 aliphatic heterocycles. The lowest BCUT2D eigenvalue weighted by Crippen LogP contribution is -2.23. The molecule has 4 heteroatoms. The second-order valence-corrected chi connectivity index (χ2v) is 6.67. The third-order valence-corrected chi connectivity index (χ3v) is 4.86. The molecular formula is C16H18ClNOS. The zero-order valence-corrected chi connectivity index (χ0v) is 13.1. The van der Waals surface area contributed by atoms with Crippen molar-refractivity contribution in [2.45, 2.75) is 25.8 Å². The second kappa shape index (κ2) is 6.17. The van der Waals surface area contributed by atoms with Crippen LogP contribution >= 0.6 is 22.9 Å².